The van der Waals surface area contributed by atoms with Crippen molar-refractivity contribution in [3.05, 3.63) is 18.3 Å². The first kappa shape index (κ1) is 13.6. The smallest absolute Gasteiger partial charge is 0.305 e. The summed E-state index contributed by atoms with van der Waals surface area (Å²) in [6.07, 6.45) is 4.48. The summed E-state index contributed by atoms with van der Waals surface area (Å²) in [4.78, 5) is 19.4. The van der Waals surface area contributed by atoms with Gasteiger partial charge in [-0.15, -0.1) is 0 Å². The fourth-order valence-corrected chi connectivity index (χ4v) is 2.40. The van der Waals surface area contributed by atoms with Gasteiger partial charge < -0.3 is 14.9 Å². The van der Waals surface area contributed by atoms with E-state index in [0.29, 0.717) is 6.54 Å². The zero-order valence-corrected chi connectivity index (χ0v) is 11.4. The molecule has 0 radical (unpaired) electrons. The van der Waals surface area contributed by atoms with Gasteiger partial charge >= 0.3 is 5.97 Å². The number of hydrogen-bond donors (Lipinski definition) is 1. The Kier molecular flexibility index (Phi) is 4.60. The van der Waals surface area contributed by atoms with Crippen molar-refractivity contribution in [3.63, 3.8) is 0 Å². The average molecular weight is 263 g/mol. The molecule has 1 saturated heterocycles. The minimum Gasteiger partial charge on any atom is -0.481 e. The third-order valence-electron chi connectivity index (χ3n) is 3.50. The summed E-state index contributed by atoms with van der Waals surface area (Å²) < 4.78 is 0. The second-order valence-corrected chi connectivity index (χ2v) is 4.79. The number of rotatable bonds is 6. The molecular weight excluding hydrogens is 242 g/mol. The van der Waals surface area contributed by atoms with Gasteiger partial charge in [0, 0.05) is 26.2 Å². The van der Waals surface area contributed by atoms with Crippen LogP contribution in [0, 0.1) is 0 Å². The molecule has 5 heteroatoms. The molecule has 1 aliphatic rings. The predicted molar refractivity (Wildman–Crippen MR) is 75.8 cm³/mol. The van der Waals surface area contributed by atoms with Gasteiger partial charge in [0.15, 0.2) is 0 Å². The molecule has 1 aromatic rings. The lowest BCUT2D eigenvalue weighted by atomic mass is 10.3. The van der Waals surface area contributed by atoms with Crippen molar-refractivity contribution in [2.24, 2.45) is 0 Å². The van der Waals surface area contributed by atoms with E-state index in [0.717, 1.165) is 31.1 Å². The van der Waals surface area contributed by atoms with Crippen molar-refractivity contribution in [2.75, 3.05) is 36.0 Å². The zero-order valence-electron chi connectivity index (χ0n) is 11.4. The highest BCUT2D eigenvalue weighted by Gasteiger charge is 2.14. The molecule has 104 valence electrons. The second-order valence-electron chi connectivity index (χ2n) is 4.79. The van der Waals surface area contributed by atoms with E-state index < -0.39 is 5.97 Å². The number of pyridine rings is 1. The van der Waals surface area contributed by atoms with Gasteiger partial charge in [0.1, 0.15) is 5.82 Å². The van der Waals surface area contributed by atoms with E-state index in [9.17, 15) is 4.79 Å². The van der Waals surface area contributed by atoms with Crippen molar-refractivity contribution in [2.45, 2.75) is 26.2 Å². The Balaban J connectivity index is 2.00. The summed E-state index contributed by atoms with van der Waals surface area (Å²) in [7, 11) is 0. The maximum absolute atomic E-state index is 10.6. The van der Waals surface area contributed by atoms with Gasteiger partial charge in [0.2, 0.25) is 0 Å². The van der Waals surface area contributed by atoms with Crippen LogP contribution in [-0.2, 0) is 4.79 Å². The van der Waals surface area contributed by atoms with E-state index in [1.165, 1.54) is 12.8 Å². The van der Waals surface area contributed by atoms with Crippen LogP contribution in [-0.4, -0.2) is 42.2 Å². The van der Waals surface area contributed by atoms with Crippen molar-refractivity contribution in [3.8, 4) is 0 Å². The fraction of sp³-hybridized carbons (Fsp3) is 0.571. The third kappa shape index (κ3) is 3.59. The summed E-state index contributed by atoms with van der Waals surface area (Å²) in [6.45, 7) is 5.51. The molecule has 1 aromatic heterocycles. The molecule has 0 unspecified atom stereocenters. The van der Waals surface area contributed by atoms with Crippen LogP contribution < -0.4 is 9.80 Å². The summed E-state index contributed by atoms with van der Waals surface area (Å²) in [5, 5.41) is 8.74. The van der Waals surface area contributed by atoms with E-state index in [1.54, 1.807) is 0 Å². The number of carboxylic acid groups (broad SMARTS) is 1. The Morgan fingerprint density at radius 3 is 2.68 bits per heavy atom. The molecule has 0 saturated carbocycles. The van der Waals surface area contributed by atoms with Crippen molar-refractivity contribution >= 4 is 17.5 Å². The minimum absolute atomic E-state index is 0.154. The lowest BCUT2D eigenvalue weighted by Crippen LogP contribution is -2.26. The number of carbonyl (C=O) groups is 1. The molecule has 2 heterocycles. The number of anilines is 2. The maximum atomic E-state index is 10.6. The number of aromatic nitrogens is 1. The van der Waals surface area contributed by atoms with Crippen LogP contribution in [0.3, 0.4) is 0 Å². The van der Waals surface area contributed by atoms with Gasteiger partial charge in [-0.25, -0.2) is 4.98 Å². The molecule has 0 aromatic carbocycles. The summed E-state index contributed by atoms with van der Waals surface area (Å²) in [5.41, 5.74) is 0.992. The van der Waals surface area contributed by atoms with E-state index in [4.69, 9.17) is 5.11 Å². The van der Waals surface area contributed by atoms with Gasteiger partial charge in [-0.1, -0.05) is 0 Å². The van der Waals surface area contributed by atoms with E-state index >= 15 is 0 Å². The molecule has 1 aliphatic heterocycles. The first-order valence-corrected chi connectivity index (χ1v) is 6.88. The quantitative estimate of drug-likeness (QED) is 0.850. The van der Waals surface area contributed by atoms with Crippen LogP contribution in [0.1, 0.15) is 26.2 Å². The Bertz CT molecular complexity index is 413. The van der Waals surface area contributed by atoms with Crippen LogP contribution >= 0.6 is 0 Å². The van der Waals surface area contributed by atoms with Crippen molar-refractivity contribution < 1.29 is 9.90 Å². The number of carboxylic acids is 1. The fourth-order valence-electron chi connectivity index (χ4n) is 2.40. The standard InChI is InChI=1S/C14H21N3O2/c1-2-16(10-7-14(18)19)12-5-6-13(15-11-12)17-8-3-4-9-17/h5-6,11H,2-4,7-10H2,1H3,(H,18,19). The lowest BCUT2D eigenvalue weighted by molar-refractivity contribution is -0.136. The number of aliphatic carboxylic acids is 1. The topological polar surface area (TPSA) is 56.7 Å². The minimum atomic E-state index is -0.764. The molecule has 19 heavy (non-hydrogen) atoms. The molecule has 0 bridgehead atoms. The Hall–Kier alpha value is -1.78. The van der Waals surface area contributed by atoms with Crippen LogP contribution in [0.15, 0.2) is 18.3 Å². The van der Waals surface area contributed by atoms with E-state index in [2.05, 4.69) is 9.88 Å². The molecular formula is C14H21N3O2. The second kappa shape index (κ2) is 6.41. The molecule has 0 spiro atoms. The monoisotopic (exact) mass is 263 g/mol. The zero-order chi connectivity index (χ0) is 13.7. The normalized spacial score (nSPS) is 14.7. The average Bonchev–Trinajstić information content (AvgIpc) is 2.94. The molecule has 2 rings (SSSR count). The summed E-state index contributed by atoms with van der Waals surface area (Å²) in [5.74, 6) is 0.260. The molecule has 1 fully saturated rings. The Morgan fingerprint density at radius 1 is 1.42 bits per heavy atom. The van der Waals surface area contributed by atoms with Gasteiger partial charge in [0.25, 0.3) is 0 Å². The van der Waals surface area contributed by atoms with Crippen molar-refractivity contribution in [1.82, 2.24) is 4.98 Å². The largest absolute Gasteiger partial charge is 0.481 e. The number of hydrogen-bond acceptors (Lipinski definition) is 4. The highest BCUT2D eigenvalue weighted by atomic mass is 16.4. The first-order chi connectivity index (χ1) is 9.20. The SMILES string of the molecule is CCN(CCC(=O)O)c1ccc(N2CCCC2)nc1. The molecule has 5 nitrogen and oxygen atoms in total. The van der Waals surface area contributed by atoms with Gasteiger partial charge in [-0.05, 0) is 31.9 Å². The van der Waals surface area contributed by atoms with E-state index in [1.807, 2.05) is 30.2 Å². The van der Waals surface area contributed by atoms with Crippen molar-refractivity contribution in [1.29, 1.82) is 0 Å². The third-order valence-corrected chi connectivity index (χ3v) is 3.50. The summed E-state index contributed by atoms with van der Waals surface area (Å²) in [6, 6.07) is 4.07. The van der Waals surface area contributed by atoms with Crippen LogP contribution in [0.4, 0.5) is 11.5 Å². The molecule has 0 atom stereocenters. The highest BCUT2D eigenvalue weighted by Crippen LogP contribution is 2.21. The first-order valence-electron chi connectivity index (χ1n) is 6.88. The summed E-state index contributed by atoms with van der Waals surface area (Å²) >= 11 is 0. The molecule has 1 N–H and O–H groups in total. The van der Waals surface area contributed by atoms with Gasteiger partial charge in [-0.2, -0.15) is 0 Å². The van der Waals surface area contributed by atoms with Crippen LogP contribution in [0.2, 0.25) is 0 Å². The Morgan fingerprint density at radius 2 is 2.16 bits per heavy atom. The van der Waals surface area contributed by atoms with Gasteiger partial charge in [-0.3, -0.25) is 4.79 Å². The van der Waals surface area contributed by atoms with E-state index in [-0.39, 0.29) is 6.42 Å². The molecule has 0 aliphatic carbocycles. The van der Waals surface area contributed by atoms with Crippen LogP contribution in [0.5, 0.6) is 0 Å². The lowest BCUT2D eigenvalue weighted by Gasteiger charge is -2.23. The Labute approximate surface area is 113 Å². The maximum Gasteiger partial charge on any atom is 0.305 e. The van der Waals surface area contributed by atoms with Crippen LogP contribution in [0.25, 0.3) is 0 Å². The van der Waals surface area contributed by atoms with Gasteiger partial charge in [0.05, 0.1) is 18.3 Å². The predicted octanol–water partition coefficient (Wildman–Crippen LogP) is 1.98. The number of nitrogens with zero attached hydrogens (tertiary/aromatic N) is 3. The highest BCUT2D eigenvalue weighted by molar-refractivity contribution is 5.67. The molecule has 0 amide bonds.